The molecule has 1 saturated heterocycles. The normalized spacial score (nSPS) is 23.6. The van der Waals surface area contributed by atoms with Crippen LogP contribution < -0.4 is 14.8 Å². The van der Waals surface area contributed by atoms with Crippen LogP contribution in [0.1, 0.15) is 19.3 Å². The maximum atomic E-state index is 14.0. The zero-order valence-corrected chi connectivity index (χ0v) is 12.3. The van der Waals surface area contributed by atoms with Crippen LogP contribution in [0.25, 0.3) is 0 Å². The molecule has 0 amide bonds. The zero-order valence-electron chi connectivity index (χ0n) is 11.5. The van der Waals surface area contributed by atoms with Crippen LogP contribution in [-0.4, -0.2) is 26.3 Å². The van der Waals surface area contributed by atoms with Crippen LogP contribution in [0.15, 0.2) is 12.1 Å². The second-order valence-electron chi connectivity index (χ2n) is 5.57. The third-order valence-electron chi connectivity index (χ3n) is 4.14. The van der Waals surface area contributed by atoms with Crippen LogP contribution in [0.5, 0.6) is 11.5 Å². The summed E-state index contributed by atoms with van der Waals surface area (Å²) in [5.74, 6) is 1.12. The minimum atomic E-state index is -0.424. The number of hydrogen-bond acceptors (Lipinski definition) is 3. The van der Waals surface area contributed by atoms with Crippen LogP contribution in [0.4, 0.5) is 4.39 Å². The highest BCUT2D eigenvalue weighted by Gasteiger charge is 2.40. The molecule has 1 saturated carbocycles. The molecular formula is C15H19ClFNO2. The summed E-state index contributed by atoms with van der Waals surface area (Å²) >= 11 is 6.18. The van der Waals surface area contributed by atoms with Gasteiger partial charge in [-0.1, -0.05) is 11.6 Å². The summed E-state index contributed by atoms with van der Waals surface area (Å²) in [5, 5.41) is 3.57. The van der Waals surface area contributed by atoms with E-state index in [2.05, 4.69) is 5.32 Å². The average Bonchev–Trinajstić information content (AvgIpc) is 3.13. The lowest BCUT2D eigenvalue weighted by molar-refractivity contribution is 0.115. The molecule has 2 fully saturated rings. The number of rotatable bonds is 5. The van der Waals surface area contributed by atoms with Crippen molar-refractivity contribution in [1.29, 1.82) is 0 Å². The van der Waals surface area contributed by atoms with Crippen LogP contribution in [0.2, 0.25) is 5.02 Å². The first-order valence-corrected chi connectivity index (χ1v) is 7.48. The summed E-state index contributed by atoms with van der Waals surface area (Å²) in [5.41, 5.74) is 0. The Morgan fingerprint density at radius 1 is 1.30 bits per heavy atom. The molecule has 2 aliphatic rings. The van der Waals surface area contributed by atoms with Gasteiger partial charge in [-0.25, -0.2) is 4.39 Å². The lowest BCUT2D eigenvalue weighted by atomic mass is 9.97. The van der Waals surface area contributed by atoms with E-state index in [4.69, 9.17) is 21.1 Å². The largest absolute Gasteiger partial charge is 0.495 e. The molecule has 1 N–H and O–H groups in total. The van der Waals surface area contributed by atoms with E-state index in [9.17, 15) is 4.39 Å². The molecule has 20 heavy (non-hydrogen) atoms. The monoisotopic (exact) mass is 299 g/mol. The highest BCUT2D eigenvalue weighted by Crippen LogP contribution is 2.43. The number of nitrogens with one attached hydrogen (secondary N) is 1. The zero-order chi connectivity index (χ0) is 14.1. The molecule has 2 atom stereocenters. The molecule has 0 spiro atoms. The van der Waals surface area contributed by atoms with Crippen molar-refractivity contribution in [3.63, 3.8) is 0 Å². The third kappa shape index (κ3) is 2.72. The lowest BCUT2D eigenvalue weighted by Gasteiger charge is -2.25. The Hall–Kier alpha value is -1.00. The summed E-state index contributed by atoms with van der Waals surface area (Å²) in [6.07, 6.45) is 3.43. The Kier molecular flexibility index (Phi) is 4.03. The first kappa shape index (κ1) is 14.0. The van der Waals surface area contributed by atoms with Crippen molar-refractivity contribution in [1.82, 2.24) is 5.32 Å². The van der Waals surface area contributed by atoms with Gasteiger partial charge in [0.25, 0.3) is 0 Å². The maximum absolute atomic E-state index is 14.0. The fourth-order valence-electron chi connectivity index (χ4n) is 2.88. The van der Waals surface area contributed by atoms with Gasteiger partial charge in [0.05, 0.1) is 7.11 Å². The highest BCUT2D eigenvalue weighted by molar-refractivity contribution is 6.33. The summed E-state index contributed by atoms with van der Waals surface area (Å²) < 4.78 is 25.1. The molecule has 3 nitrogen and oxygen atoms in total. The molecule has 1 aliphatic heterocycles. The molecule has 1 heterocycles. The van der Waals surface area contributed by atoms with E-state index in [0.29, 0.717) is 17.6 Å². The molecule has 5 heteroatoms. The van der Waals surface area contributed by atoms with Crippen LogP contribution in [-0.2, 0) is 0 Å². The van der Waals surface area contributed by atoms with Crippen LogP contribution in [0, 0.1) is 17.7 Å². The van der Waals surface area contributed by atoms with Gasteiger partial charge in [-0.05, 0) is 43.9 Å². The fraction of sp³-hybridized carbons (Fsp3) is 0.600. The molecule has 0 aromatic heterocycles. The third-order valence-corrected chi connectivity index (χ3v) is 4.50. The van der Waals surface area contributed by atoms with Gasteiger partial charge in [-0.3, -0.25) is 0 Å². The maximum Gasteiger partial charge on any atom is 0.177 e. The van der Waals surface area contributed by atoms with E-state index in [1.807, 2.05) is 0 Å². The summed E-state index contributed by atoms with van der Waals surface area (Å²) in [7, 11) is 1.52. The molecule has 0 bridgehead atoms. The van der Waals surface area contributed by atoms with E-state index in [1.165, 1.54) is 19.2 Å². The Morgan fingerprint density at radius 3 is 2.70 bits per heavy atom. The predicted molar refractivity (Wildman–Crippen MR) is 76.1 cm³/mol. The van der Waals surface area contributed by atoms with Crippen molar-refractivity contribution < 1.29 is 13.9 Å². The molecule has 0 unspecified atom stereocenters. The van der Waals surface area contributed by atoms with Gasteiger partial charge in [-0.2, -0.15) is 0 Å². The Bertz CT molecular complexity index is 487. The smallest absolute Gasteiger partial charge is 0.177 e. The van der Waals surface area contributed by atoms with E-state index < -0.39 is 5.82 Å². The van der Waals surface area contributed by atoms with Crippen molar-refractivity contribution in [2.45, 2.75) is 25.4 Å². The van der Waals surface area contributed by atoms with Crippen LogP contribution in [0.3, 0.4) is 0 Å². The minimum absolute atomic E-state index is 0.0455. The molecule has 3 rings (SSSR count). The van der Waals surface area contributed by atoms with Gasteiger partial charge in [0.15, 0.2) is 11.6 Å². The quantitative estimate of drug-likeness (QED) is 0.905. The lowest BCUT2D eigenvalue weighted by Crippen LogP contribution is -2.31. The Morgan fingerprint density at radius 2 is 2.10 bits per heavy atom. The molecule has 1 aromatic carbocycles. The van der Waals surface area contributed by atoms with E-state index in [0.717, 1.165) is 32.4 Å². The number of hydrogen-bond donors (Lipinski definition) is 1. The molecular weight excluding hydrogens is 281 g/mol. The Labute approximate surface area is 123 Å². The van der Waals surface area contributed by atoms with E-state index in [-0.39, 0.29) is 16.9 Å². The van der Waals surface area contributed by atoms with Gasteiger partial charge in [0.1, 0.15) is 16.9 Å². The standard InChI is InChI=1S/C15H19ClFNO2/c1-19-12-5-4-11(17)15(13(12)16)20-14(9-2-3-9)10-6-7-18-8-10/h4-5,9-10,14,18H,2-3,6-8H2,1H3/t10-,14+/m0/s1. The number of benzene rings is 1. The van der Waals surface area contributed by atoms with Crippen molar-refractivity contribution in [3.8, 4) is 11.5 Å². The average molecular weight is 300 g/mol. The molecule has 1 aliphatic carbocycles. The first-order chi connectivity index (χ1) is 9.70. The van der Waals surface area contributed by atoms with Gasteiger partial charge >= 0.3 is 0 Å². The van der Waals surface area contributed by atoms with Gasteiger partial charge in [-0.15, -0.1) is 0 Å². The summed E-state index contributed by atoms with van der Waals surface area (Å²) in [6, 6.07) is 2.87. The SMILES string of the molecule is COc1ccc(F)c(O[C@H](C2CC2)[C@H]2CCNC2)c1Cl. The van der Waals surface area contributed by atoms with E-state index >= 15 is 0 Å². The van der Waals surface area contributed by atoms with Crippen molar-refractivity contribution in [3.05, 3.63) is 23.0 Å². The fourth-order valence-corrected chi connectivity index (χ4v) is 3.15. The topological polar surface area (TPSA) is 30.5 Å². The molecule has 1 aromatic rings. The Balaban J connectivity index is 1.84. The first-order valence-electron chi connectivity index (χ1n) is 7.10. The second kappa shape index (κ2) is 5.78. The van der Waals surface area contributed by atoms with Gasteiger partial charge < -0.3 is 14.8 Å². The number of methoxy groups -OCH3 is 1. The predicted octanol–water partition coefficient (Wildman–Crippen LogP) is 3.25. The van der Waals surface area contributed by atoms with Crippen molar-refractivity contribution >= 4 is 11.6 Å². The van der Waals surface area contributed by atoms with Crippen molar-refractivity contribution in [2.24, 2.45) is 11.8 Å². The van der Waals surface area contributed by atoms with Gasteiger partial charge in [0, 0.05) is 12.5 Å². The second-order valence-corrected chi connectivity index (χ2v) is 5.94. The number of halogens is 2. The van der Waals surface area contributed by atoms with Crippen molar-refractivity contribution in [2.75, 3.05) is 20.2 Å². The van der Waals surface area contributed by atoms with E-state index in [1.54, 1.807) is 0 Å². The molecule has 0 radical (unpaired) electrons. The van der Waals surface area contributed by atoms with Crippen LogP contribution >= 0.6 is 11.6 Å². The number of ether oxygens (including phenoxy) is 2. The summed E-state index contributed by atoms with van der Waals surface area (Å²) in [6.45, 7) is 1.94. The highest BCUT2D eigenvalue weighted by atomic mass is 35.5. The summed E-state index contributed by atoms with van der Waals surface area (Å²) in [4.78, 5) is 0. The minimum Gasteiger partial charge on any atom is -0.495 e. The molecule has 110 valence electrons. The van der Waals surface area contributed by atoms with Gasteiger partial charge in [0.2, 0.25) is 0 Å².